The monoisotopic (exact) mass is 342 g/mol. The van der Waals surface area contributed by atoms with Gasteiger partial charge in [-0.15, -0.1) is 0 Å². The molecule has 0 spiro atoms. The van der Waals surface area contributed by atoms with Crippen molar-refractivity contribution in [2.75, 3.05) is 19.8 Å². The predicted molar refractivity (Wildman–Crippen MR) is 93.4 cm³/mol. The fourth-order valence-corrected chi connectivity index (χ4v) is 2.31. The van der Waals surface area contributed by atoms with Crippen LogP contribution in [0.15, 0.2) is 12.1 Å². The fourth-order valence-electron chi connectivity index (χ4n) is 2.02. The SMILES string of the molecule is CCCOc1c(Cl)cc(CNCC(=O)NC(C)C)cc1OCC. The largest absolute Gasteiger partial charge is 0.490 e. The summed E-state index contributed by atoms with van der Waals surface area (Å²) < 4.78 is 11.3. The molecule has 130 valence electrons. The first-order valence-electron chi connectivity index (χ1n) is 8.06. The quantitative estimate of drug-likeness (QED) is 0.685. The maximum absolute atomic E-state index is 11.6. The number of halogens is 1. The molecule has 0 radical (unpaired) electrons. The van der Waals surface area contributed by atoms with Crippen LogP contribution in [0, 0.1) is 0 Å². The number of carbonyl (C=O) groups is 1. The van der Waals surface area contributed by atoms with Gasteiger partial charge in [0.25, 0.3) is 0 Å². The fraction of sp³-hybridized carbons (Fsp3) is 0.588. The molecule has 0 saturated heterocycles. The highest BCUT2D eigenvalue weighted by Gasteiger charge is 2.12. The molecule has 1 rings (SSSR count). The Bertz CT molecular complexity index is 507. The second-order valence-electron chi connectivity index (χ2n) is 5.51. The molecule has 1 aromatic rings. The third kappa shape index (κ3) is 7.10. The Balaban J connectivity index is 2.70. The zero-order chi connectivity index (χ0) is 17.2. The van der Waals surface area contributed by atoms with Crippen LogP contribution in [0.3, 0.4) is 0 Å². The third-order valence-corrected chi connectivity index (χ3v) is 3.16. The zero-order valence-electron chi connectivity index (χ0n) is 14.4. The van der Waals surface area contributed by atoms with Crippen LogP contribution in [0.25, 0.3) is 0 Å². The van der Waals surface area contributed by atoms with Crippen molar-refractivity contribution in [2.45, 2.75) is 46.7 Å². The molecule has 1 aromatic carbocycles. The Morgan fingerprint density at radius 3 is 2.61 bits per heavy atom. The van der Waals surface area contributed by atoms with Crippen LogP contribution in [0.4, 0.5) is 0 Å². The van der Waals surface area contributed by atoms with Crippen LogP contribution in [-0.4, -0.2) is 31.7 Å². The topological polar surface area (TPSA) is 59.6 Å². The van der Waals surface area contributed by atoms with E-state index in [0.29, 0.717) is 36.3 Å². The lowest BCUT2D eigenvalue weighted by atomic mass is 10.2. The highest BCUT2D eigenvalue weighted by Crippen LogP contribution is 2.36. The van der Waals surface area contributed by atoms with Crippen molar-refractivity contribution in [3.05, 3.63) is 22.7 Å². The summed E-state index contributed by atoms with van der Waals surface area (Å²) in [4.78, 5) is 11.6. The molecule has 6 heteroatoms. The van der Waals surface area contributed by atoms with Gasteiger partial charge in [0.15, 0.2) is 11.5 Å². The van der Waals surface area contributed by atoms with Gasteiger partial charge in [-0.3, -0.25) is 4.79 Å². The number of rotatable bonds is 10. The molecule has 2 N–H and O–H groups in total. The van der Waals surface area contributed by atoms with Gasteiger partial charge in [0.2, 0.25) is 5.91 Å². The van der Waals surface area contributed by atoms with Gasteiger partial charge in [-0.25, -0.2) is 0 Å². The van der Waals surface area contributed by atoms with Crippen molar-refractivity contribution in [1.29, 1.82) is 0 Å². The molecule has 1 amide bonds. The van der Waals surface area contributed by atoms with E-state index in [4.69, 9.17) is 21.1 Å². The molecule has 0 fully saturated rings. The molecule has 0 aromatic heterocycles. The summed E-state index contributed by atoms with van der Waals surface area (Å²) in [6.45, 7) is 9.72. The summed E-state index contributed by atoms with van der Waals surface area (Å²) in [5, 5.41) is 6.45. The third-order valence-electron chi connectivity index (χ3n) is 2.88. The standard InChI is InChI=1S/C17H27ClN2O3/c1-5-7-23-17-14(18)8-13(9-15(17)22-6-2)10-19-11-16(21)20-12(3)4/h8-9,12,19H,5-7,10-11H2,1-4H3,(H,20,21). The van der Waals surface area contributed by atoms with Gasteiger partial charge >= 0.3 is 0 Å². The maximum atomic E-state index is 11.6. The molecular weight excluding hydrogens is 316 g/mol. The average molecular weight is 343 g/mol. The zero-order valence-corrected chi connectivity index (χ0v) is 15.1. The Kier molecular flexibility index (Phi) is 8.81. The van der Waals surface area contributed by atoms with Crippen LogP contribution in [0.2, 0.25) is 5.02 Å². The van der Waals surface area contributed by atoms with E-state index in [1.54, 1.807) is 0 Å². The second-order valence-corrected chi connectivity index (χ2v) is 5.92. The Labute approximate surface area is 143 Å². The van der Waals surface area contributed by atoms with E-state index in [2.05, 4.69) is 10.6 Å². The van der Waals surface area contributed by atoms with E-state index in [0.717, 1.165) is 12.0 Å². The number of carbonyl (C=O) groups excluding carboxylic acids is 1. The van der Waals surface area contributed by atoms with Crippen molar-refractivity contribution in [3.8, 4) is 11.5 Å². The summed E-state index contributed by atoms with van der Waals surface area (Å²) in [5.74, 6) is 1.19. The number of amides is 1. The van der Waals surface area contributed by atoms with Crippen LogP contribution < -0.4 is 20.1 Å². The van der Waals surface area contributed by atoms with E-state index in [-0.39, 0.29) is 18.5 Å². The Morgan fingerprint density at radius 1 is 1.26 bits per heavy atom. The van der Waals surface area contributed by atoms with Crippen molar-refractivity contribution < 1.29 is 14.3 Å². The first kappa shape index (κ1) is 19.6. The van der Waals surface area contributed by atoms with Crippen molar-refractivity contribution in [2.24, 2.45) is 0 Å². The average Bonchev–Trinajstić information content (AvgIpc) is 2.46. The van der Waals surface area contributed by atoms with Gasteiger partial charge in [-0.1, -0.05) is 18.5 Å². The molecule has 5 nitrogen and oxygen atoms in total. The van der Waals surface area contributed by atoms with Gasteiger partial charge in [0, 0.05) is 12.6 Å². The van der Waals surface area contributed by atoms with Crippen molar-refractivity contribution in [3.63, 3.8) is 0 Å². The first-order chi connectivity index (χ1) is 11.0. The minimum absolute atomic E-state index is 0.0287. The van der Waals surface area contributed by atoms with Crippen LogP contribution in [0.5, 0.6) is 11.5 Å². The van der Waals surface area contributed by atoms with Gasteiger partial charge in [0.05, 0.1) is 24.8 Å². The van der Waals surface area contributed by atoms with E-state index in [1.807, 2.05) is 39.8 Å². The number of nitrogens with one attached hydrogen (secondary N) is 2. The lowest BCUT2D eigenvalue weighted by molar-refractivity contribution is -0.120. The van der Waals surface area contributed by atoms with Crippen LogP contribution in [0.1, 0.15) is 39.7 Å². The molecular formula is C17H27ClN2O3. The Morgan fingerprint density at radius 2 is 2.00 bits per heavy atom. The van der Waals surface area contributed by atoms with E-state index in [1.165, 1.54) is 0 Å². The van der Waals surface area contributed by atoms with E-state index >= 15 is 0 Å². The molecule has 0 bridgehead atoms. The summed E-state index contributed by atoms with van der Waals surface area (Å²) in [7, 11) is 0. The van der Waals surface area contributed by atoms with Gasteiger partial charge in [0.1, 0.15) is 0 Å². The summed E-state index contributed by atoms with van der Waals surface area (Å²) in [6, 6.07) is 3.87. The number of ether oxygens (including phenoxy) is 2. The minimum atomic E-state index is -0.0287. The molecule has 0 aliphatic carbocycles. The minimum Gasteiger partial charge on any atom is -0.490 e. The molecule has 0 atom stereocenters. The highest BCUT2D eigenvalue weighted by atomic mass is 35.5. The lowest BCUT2D eigenvalue weighted by Gasteiger charge is -2.15. The normalized spacial score (nSPS) is 10.7. The molecule has 0 unspecified atom stereocenters. The summed E-state index contributed by atoms with van der Waals surface area (Å²) in [6.07, 6.45) is 0.899. The van der Waals surface area contributed by atoms with Crippen LogP contribution >= 0.6 is 11.6 Å². The van der Waals surface area contributed by atoms with Gasteiger partial charge < -0.3 is 20.1 Å². The van der Waals surface area contributed by atoms with Crippen molar-refractivity contribution >= 4 is 17.5 Å². The van der Waals surface area contributed by atoms with Crippen LogP contribution in [-0.2, 0) is 11.3 Å². The molecule has 23 heavy (non-hydrogen) atoms. The molecule has 0 aliphatic rings. The van der Waals surface area contributed by atoms with E-state index in [9.17, 15) is 4.79 Å². The number of benzene rings is 1. The van der Waals surface area contributed by atoms with Gasteiger partial charge in [-0.2, -0.15) is 0 Å². The van der Waals surface area contributed by atoms with Gasteiger partial charge in [-0.05, 0) is 44.9 Å². The molecule has 0 saturated carbocycles. The first-order valence-corrected chi connectivity index (χ1v) is 8.43. The number of hydrogen-bond acceptors (Lipinski definition) is 4. The van der Waals surface area contributed by atoms with E-state index < -0.39 is 0 Å². The predicted octanol–water partition coefficient (Wildman–Crippen LogP) is 3.14. The smallest absolute Gasteiger partial charge is 0.234 e. The summed E-state index contributed by atoms with van der Waals surface area (Å²) >= 11 is 6.30. The molecule has 0 heterocycles. The second kappa shape index (κ2) is 10.3. The summed E-state index contributed by atoms with van der Waals surface area (Å²) in [5.41, 5.74) is 0.944. The maximum Gasteiger partial charge on any atom is 0.234 e. The number of hydrogen-bond donors (Lipinski definition) is 2. The Hall–Kier alpha value is -1.46. The lowest BCUT2D eigenvalue weighted by Crippen LogP contribution is -2.37. The highest BCUT2D eigenvalue weighted by molar-refractivity contribution is 6.32. The molecule has 0 aliphatic heterocycles. The van der Waals surface area contributed by atoms with Crippen molar-refractivity contribution in [1.82, 2.24) is 10.6 Å².